The minimum absolute atomic E-state index is 0.122. The van der Waals surface area contributed by atoms with E-state index in [1.54, 1.807) is 32.2 Å². The second-order valence-electron chi connectivity index (χ2n) is 3.77. The monoisotopic (exact) mass is 256 g/mol. The number of carbonyl (C=O) groups excluding carboxylic acids is 1. The number of carbonyl (C=O) groups is 1. The van der Waals surface area contributed by atoms with Gasteiger partial charge in [-0.2, -0.15) is 0 Å². The van der Waals surface area contributed by atoms with Gasteiger partial charge in [-0.05, 0) is 26.1 Å². The molecular formula is C11H16N2O3S. The fourth-order valence-corrected chi connectivity index (χ4v) is 2.11. The number of para-hydroxylation sites is 1. The number of likely N-dealkylation sites (N-methyl/N-ethyl adjacent to an activating group) is 1. The van der Waals surface area contributed by atoms with E-state index in [1.807, 2.05) is 0 Å². The van der Waals surface area contributed by atoms with Crippen molar-refractivity contribution in [3.63, 3.8) is 0 Å². The van der Waals surface area contributed by atoms with Crippen LogP contribution >= 0.6 is 0 Å². The van der Waals surface area contributed by atoms with E-state index in [2.05, 4.69) is 10.6 Å². The molecule has 5 nitrogen and oxygen atoms in total. The maximum atomic E-state index is 11.7. The van der Waals surface area contributed by atoms with Crippen molar-refractivity contribution >= 4 is 21.4 Å². The highest BCUT2D eigenvalue weighted by Gasteiger charge is 2.16. The van der Waals surface area contributed by atoms with Crippen LogP contribution in [0.1, 0.15) is 6.92 Å². The number of hydrogen-bond donors (Lipinski definition) is 2. The van der Waals surface area contributed by atoms with Crippen LogP contribution in [0.4, 0.5) is 5.69 Å². The van der Waals surface area contributed by atoms with E-state index >= 15 is 0 Å². The van der Waals surface area contributed by atoms with Gasteiger partial charge in [0.05, 0.1) is 16.6 Å². The number of amides is 1. The molecular weight excluding hydrogens is 240 g/mol. The van der Waals surface area contributed by atoms with Crippen LogP contribution in [0.25, 0.3) is 0 Å². The van der Waals surface area contributed by atoms with Crippen LogP contribution in [0.5, 0.6) is 0 Å². The van der Waals surface area contributed by atoms with Crippen molar-refractivity contribution in [2.75, 3.05) is 18.6 Å². The Morgan fingerprint density at radius 3 is 2.41 bits per heavy atom. The predicted molar refractivity (Wildman–Crippen MR) is 66.7 cm³/mol. The van der Waals surface area contributed by atoms with Gasteiger partial charge in [0.1, 0.15) is 0 Å². The Morgan fingerprint density at radius 2 is 1.88 bits per heavy atom. The SMILES string of the molecule is CNC(C)C(=O)Nc1ccccc1S(C)(=O)=O. The normalized spacial score (nSPS) is 13.1. The minimum atomic E-state index is -3.35. The Hall–Kier alpha value is -1.40. The van der Waals surface area contributed by atoms with Gasteiger partial charge in [-0.3, -0.25) is 4.79 Å². The number of anilines is 1. The van der Waals surface area contributed by atoms with E-state index in [9.17, 15) is 13.2 Å². The van der Waals surface area contributed by atoms with E-state index in [0.717, 1.165) is 6.26 Å². The molecule has 0 spiro atoms. The molecule has 1 aromatic rings. The van der Waals surface area contributed by atoms with Crippen molar-refractivity contribution in [1.29, 1.82) is 0 Å². The molecule has 0 saturated heterocycles. The van der Waals surface area contributed by atoms with Crippen LogP contribution in [-0.2, 0) is 14.6 Å². The molecule has 1 atom stereocenters. The lowest BCUT2D eigenvalue weighted by molar-refractivity contribution is -0.117. The molecule has 0 aromatic heterocycles. The van der Waals surface area contributed by atoms with E-state index < -0.39 is 9.84 Å². The van der Waals surface area contributed by atoms with Crippen LogP contribution in [0.3, 0.4) is 0 Å². The molecule has 0 bridgehead atoms. The van der Waals surface area contributed by atoms with Gasteiger partial charge < -0.3 is 10.6 Å². The first kappa shape index (κ1) is 13.7. The molecule has 1 amide bonds. The summed E-state index contributed by atoms with van der Waals surface area (Å²) in [7, 11) is -1.69. The van der Waals surface area contributed by atoms with E-state index in [0.29, 0.717) is 5.69 Å². The fraction of sp³-hybridized carbons (Fsp3) is 0.364. The highest BCUT2D eigenvalue weighted by Crippen LogP contribution is 2.20. The Bertz CT molecular complexity index is 511. The lowest BCUT2D eigenvalue weighted by Crippen LogP contribution is -2.35. The van der Waals surface area contributed by atoms with Crippen molar-refractivity contribution in [3.05, 3.63) is 24.3 Å². The van der Waals surface area contributed by atoms with Gasteiger partial charge in [0, 0.05) is 6.26 Å². The van der Waals surface area contributed by atoms with Gasteiger partial charge >= 0.3 is 0 Å². The quantitative estimate of drug-likeness (QED) is 0.829. The number of sulfone groups is 1. The lowest BCUT2D eigenvalue weighted by Gasteiger charge is -2.13. The summed E-state index contributed by atoms with van der Waals surface area (Å²) < 4.78 is 23.0. The number of nitrogens with one attached hydrogen (secondary N) is 2. The summed E-state index contributed by atoms with van der Waals surface area (Å²) in [5, 5.41) is 5.37. The Balaban J connectivity index is 3.04. The van der Waals surface area contributed by atoms with Gasteiger partial charge in [-0.15, -0.1) is 0 Å². The molecule has 0 saturated carbocycles. The molecule has 0 heterocycles. The van der Waals surface area contributed by atoms with E-state index in [4.69, 9.17) is 0 Å². The number of hydrogen-bond acceptors (Lipinski definition) is 4. The highest BCUT2D eigenvalue weighted by atomic mass is 32.2. The maximum Gasteiger partial charge on any atom is 0.241 e. The summed E-state index contributed by atoms with van der Waals surface area (Å²) in [6.07, 6.45) is 1.11. The number of benzene rings is 1. The summed E-state index contributed by atoms with van der Waals surface area (Å²) in [6, 6.07) is 5.94. The van der Waals surface area contributed by atoms with Gasteiger partial charge in [0.15, 0.2) is 9.84 Å². The van der Waals surface area contributed by atoms with Gasteiger partial charge in [0.2, 0.25) is 5.91 Å². The third-order valence-electron chi connectivity index (χ3n) is 2.37. The van der Waals surface area contributed by atoms with Crippen molar-refractivity contribution < 1.29 is 13.2 Å². The van der Waals surface area contributed by atoms with Crippen LogP contribution in [0.2, 0.25) is 0 Å². The van der Waals surface area contributed by atoms with Crippen molar-refractivity contribution in [3.8, 4) is 0 Å². The average molecular weight is 256 g/mol. The Labute approximate surface area is 101 Å². The molecule has 6 heteroatoms. The Kier molecular flexibility index (Phi) is 4.25. The molecule has 0 radical (unpaired) electrons. The smallest absolute Gasteiger partial charge is 0.241 e. The topological polar surface area (TPSA) is 75.3 Å². The first-order valence-corrected chi connectivity index (χ1v) is 7.02. The minimum Gasteiger partial charge on any atom is -0.324 e. The third-order valence-corrected chi connectivity index (χ3v) is 3.53. The molecule has 94 valence electrons. The summed E-state index contributed by atoms with van der Waals surface area (Å²) in [5.41, 5.74) is 0.308. The largest absolute Gasteiger partial charge is 0.324 e. The lowest BCUT2D eigenvalue weighted by atomic mass is 10.2. The van der Waals surface area contributed by atoms with Gasteiger partial charge in [0.25, 0.3) is 0 Å². The molecule has 0 aliphatic carbocycles. The summed E-state index contributed by atoms with van der Waals surface area (Å²) in [6.45, 7) is 1.69. The molecule has 0 fully saturated rings. The number of rotatable bonds is 4. The van der Waals surface area contributed by atoms with Crippen molar-refractivity contribution in [1.82, 2.24) is 5.32 Å². The molecule has 0 aliphatic heterocycles. The van der Waals surface area contributed by atoms with Crippen LogP contribution in [0, 0.1) is 0 Å². The first-order chi connectivity index (χ1) is 7.86. The molecule has 1 rings (SSSR count). The van der Waals surface area contributed by atoms with Gasteiger partial charge in [-0.25, -0.2) is 8.42 Å². The maximum absolute atomic E-state index is 11.7. The zero-order valence-corrected chi connectivity index (χ0v) is 10.8. The van der Waals surface area contributed by atoms with Crippen LogP contribution in [-0.4, -0.2) is 33.7 Å². The molecule has 2 N–H and O–H groups in total. The van der Waals surface area contributed by atoms with Crippen molar-refractivity contribution in [2.24, 2.45) is 0 Å². The Morgan fingerprint density at radius 1 is 1.29 bits per heavy atom. The fourth-order valence-electron chi connectivity index (χ4n) is 1.27. The summed E-state index contributed by atoms with van der Waals surface area (Å²) in [4.78, 5) is 11.8. The van der Waals surface area contributed by atoms with Crippen LogP contribution in [0.15, 0.2) is 29.2 Å². The van der Waals surface area contributed by atoms with E-state index in [1.165, 1.54) is 6.07 Å². The molecule has 1 unspecified atom stereocenters. The third kappa shape index (κ3) is 3.54. The zero-order valence-electron chi connectivity index (χ0n) is 10.0. The predicted octanol–water partition coefficient (Wildman–Crippen LogP) is 0.636. The highest BCUT2D eigenvalue weighted by molar-refractivity contribution is 7.90. The zero-order chi connectivity index (χ0) is 13.1. The molecule has 0 aliphatic rings. The first-order valence-electron chi connectivity index (χ1n) is 5.13. The molecule has 17 heavy (non-hydrogen) atoms. The van der Waals surface area contributed by atoms with E-state index in [-0.39, 0.29) is 16.8 Å². The molecule has 1 aromatic carbocycles. The summed E-state index contributed by atoms with van der Waals surface area (Å²) >= 11 is 0. The second kappa shape index (κ2) is 5.29. The second-order valence-corrected chi connectivity index (χ2v) is 5.75. The van der Waals surface area contributed by atoms with Gasteiger partial charge in [-0.1, -0.05) is 12.1 Å². The average Bonchev–Trinajstić information content (AvgIpc) is 2.27. The standard InChI is InChI=1S/C11H16N2O3S/c1-8(12-2)11(14)13-9-6-4-5-7-10(9)17(3,15)16/h4-8,12H,1-3H3,(H,13,14). The van der Waals surface area contributed by atoms with Crippen LogP contribution < -0.4 is 10.6 Å². The summed E-state index contributed by atoms with van der Waals surface area (Å²) in [5.74, 6) is -0.274. The van der Waals surface area contributed by atoms with Crippen molar-refractivity contribution in [2.45, 2.75) is 17.9 Å².